The average Bonchev–Trinajstić information content (AvgIpc) is 1.19. The van der Waals surface area contributed by atoms with Gasteiger partial charge in [-0.1, -0.05) is 363 Å². The number of hydrogen-bond donors (Lipinski definition) is 3. The highest BCUT2D eigenvalue weighted by Crippen LogP contribution is 2.45. The molecule has 0 aliphatic rings. The maximum Gasteiger partial charge on any atom is 0.472 e. The van der Waals surface area contributed by atoms with Gasteiger partial charge in [0.1, 0.15) is 19.3 Å². The van der Waals surface area contributed by atoms with Crippen molar-refractivity contribution in [2.45, 2.75) is 432 Å². The largest absolute Gasteiger partial charge is 0.472 e. The summed E-state index contributed by atoms with van der Waals surface area (Å²) in [5.74, 6) is -0.597. The molecule has 0 fully saturated rings. The number of aliphatic hydroxyl groups is 1. The number of rotatable bonds is 78. The fourth-order valence-corrected chi connectivity index (χ4v) is 13.8. The third kappa shape index (κ3) is 72.4. The lowest BCUT2D eigenvalue weighted by Crippen LogP contribution is -2.30. The van der Waals surface area contributed by atoms with Crippen molar-refractivity contribution < 1.29 is 80.2 Å². The van der Waals surface area contributed by atoms with Gasteiger partial charge in [0.25, 0.3) is 0 Å². The summed E-state index contributed by atoms with van der Waals surface area (Å²) in [6.45, 7) is 9.61. The van der Waals surface area contributed by atoms with Gasteiger partial charge in [-0.05, 0) is 37.5 Å². The minimum Gasteiger partial charge on any atom is -0.462 e. The van der Waals surface area contributed by atoms with Crippen LogP contribution < -0.4 is 0 Å². The van der Waals surface area contributed by atoms with Gasteiger partial charge >= 0.3 is 39.5 Å². The number of hydrogen-bond acceptors (Lipinski definition) is 15. The van der Waals surface area contributed by atoms with E-state index >= 15 is 0 Å². The summed E-state index contributed by atoms with van der Waals surface area (Å²) in [6, 6.07) is 0. The summed E-state index contributed by atoms with van der Waals surface area (Å²) in [5, 5.41) is 10.6. The van der Waals surface area contributed by atoms with Crippen molar-refractivity contribution in [2.24, 2.45) is 11.8 Å². The van der Waals surface area contributed by atoms with Gasteiger partial charge in [-0.25, -0.2) is 9.13 Å². The summed E-state index contributed by atoms with van der Waals surface area (Å²) in [5.41, 5.74) is 0. The number of esters is 4. The van der Waals surface area contributed by atoms with E-state index in [4.69, 9.17) is 37.0 Å². The van der Waals surface area contributed by atoms with Crippen molar-refractivity contribution in [3.8, 4) is 0 Å². The standard InChI is InChI=1S/C79H154O17P2/c1-7-9-11-13-15-17-19-21-23-25-28-32-36-43-49-55-61-76(81)89-67-74(95-79(84)64-58-52-46-38-34-30-26-27-31-35-41-47-53-59-71(3)4)69-93-97(85,86)91-65-73(80)66-92-98(87,88)94-70-75(68-90-77(82)62-56-50-44-40-39-42-48-54-60-72(5)6)96-78(83)63-57-51-45-37-33-29-24-22-20-18-16-14-12-10-8-2/h71-75,80H,7-70H2,1-6H3,(H,85,86)(H,87,88)/t73-,74-,75-/m1/s1. The molecular weight excluding hydrogens is 1280 g/mol. The summed E-state index contributed by atoms with van der Waals surface area (Å²) in [4.78, 5) is 73.0. The predicted molar refractivity (Wildman–Crippen MR) is 400 cm³/mol. The van der Waals surface area contributed by atoms with E-state index in [1.54, 1.807) is 0 Å². The van der Waals surface area contributed by atoms with Gasteiger partial charge in [0.15, 0.2) is 12.2 Å². The Kier molecular flexibility index (Phi) is 69.3. The van der Waals surface area contributed by atoms with Crippen molar-refractivity contribution in [1.29, 1.82) is 0 Å². The number of carbonyl (C=O) groups excluding carboxylic acids is 4. The number of aliphatic hydroxyl groups excluding tert-OH is 1. The van der Waals surface area contributed by atoms with E-state index in [9.17, 15) is 43.2 Å². The smallest absolute Gasteiger partial charge is 0.462 e. The lowest BCUT2D eigenvalue weighted by molar-refractivity contribution is -0.161. The summed E-state index contributed by atoms with van der Waals surface area (Å²) < 4.78 is 68.7. The van der Waals surface area contributed by atoms with Crippen LogP contribution in [0.3, 0.4) is 0 Å². The highest BCUT2D eigenvalue weighted by molar-refractivity contribution is 7.47. The number of ether oxygens (including phenoxy) is 4. The highest BCUT2D eigenvalue weighted by Gasteiger charge is 2.30. The van der Waals surface area contributed by atoms with Crippen molar-refractivity contribution >= 4 is 39.5 Å². The van der Waals surface area contributed by atoms with E-state index in [0.29, 0.717) is 25.7 Å². The molecule has 0 aliphatic heterocycles. The molecule has 0 aromatic carbocycles. The van der Waals surface area contributed by atoms with Gasteiger partial charge in [-0.3, -0.25) is 37.3 Å². The zero-order valence-electron chi connectivity index (χ0n) is 64.1. The predicted octanol–water partition coefficient (Wildman–Crippen LogP) is 23.5. The number of phosphoric ester groups is 2. The molecule has 0 saturated carbocycles. The highest BCUT2D eigenvalue weighted by atomic mass is 31.2. The van der Waals surface area contributed by atoms with Crippen molar-refractivity contribution in [3.63, 3.8) is 0 Å². The van der Waals surface area contributed by atoms with Crippen LogP contribution in [-0.4, -0.2) is 96.7 Å². The second kappa shape index (κ2) is 70.7. The maximum absolute atomic E-state index is 13.1. The molecular formula is C79H154O17P2. The second-order valence-electron chi connectivity index (χ2n) is 29.4. The Balaban J connectivity index is 5.26. The zero-order valence-corrected chi connectivity index (χ0v) is 65.9. The first kappa shape index (κ1) is 96.1. The van der Waals surface area contributed by atoms with E-state index in [0.717, 1.165) is 102 Å². The molecule has 0 rings (SSSR count). The number of carbonyl (C=O) groups is 4. The molecule has 2 unspecified atom stereocenters. The first-order valence-electron chi connectivity index (χ1n) is 41.0. The molecule has 0 bridgehead atoms. The molecule has 3 N–H and O–H groups in total. The van der Waals surface area contributed by atoms with E-state index in [-0.39, 0.29) is 25.7 Å². The molecule has 0 saturated heterocycles. The van der Waals surface area contributed by atoms with Crippen LogP contribution in [0.4, 0.5) is 0 Å². The van der Waals surface area contributed by atoms with Crippen LogP contribution in [-0.2, 0) is 65.4 Å². The third-order valence-electron chi connectivity index (χ3n) is 18.5. The van der Waals surface area contributed by atoms with Gasteiger partial charge in [0, 0.05) is 25.7 Å². The molecule has 19 heteroatoms. The van der Waals surface area contributed by atoms with Crippen LogP contribution in [0.1, 0.15) is 414 Å². The normalized spacial score (nSPS) is 13.9. The first-order valence-corrected chi connectivity index (χ1v) is 44.0. The SMILES string of the molecule is CCCCCCCCCCCCCCCCCCC(=O)OC[C@H](COP(=O)(O)OC[C@@H](O)COP(=O)(O)OC[C@@H](COC(=O)CCCCCCCCCCC(C)C)OC(=O)CCCCCCCCCCCCCCCCC)OC(=O)CCCCCCCCCCCCCCCC(C)C. The quantitative estimate of drug-likeness (QED) is 0.0222. The Labute approximate surface area is 600 Å². The summed E-state index contributed by atoms with van der Waals surface area (Å²) >= 11 is 0. The molecule has 0 amide bonds. The van der Waals surface area contributed by atoms with Gasteiger partial charge in [0.05, 0.1) is 26.4 Å². The molecule has 0 aliphatic carbocycles. The number of phosphoric acid groups is 2. The van der Waals surface area contributed by atoms with Crippen LogP contribution in [0.5, 0.6) is 0 Å². The van der Waals surface area contributed by atoms with Crippen molar-refractivity contribution in [2.75, 3.05) is 39.6 Å². The monoisotopic (exact) mass is 1440 g/mol. The van der Waals surface area contributed by atoms with E-state index < -0.39 is 97.5 Å². The minimum atomic E-state index is -4.96. The summed E-state index contributed by atoms with van der Waals surface area (Å²) in [6.07, 6.45) is 59.6. The van der Waals surface area contributed by atoms with Crippen LogP contribution in [0.2, 0.25) is 0 Å². The molecule has 0 aromatic rings. The van der Waals surface area contributed by atoms with Gasteiger partial charge < -0.3 is 33.8 Å². The Morgan fingerprint density at radius 1 is 0.276 bits per heavy atom. The van der Waals surface area contributed by atoms with Crippen LogP contribution >= 0.6 is 15.6 Å². The summed E-state index contributed by atoms with van der Waals surface area (Å²) in [7, 11) is -9.92. The van der Waals surface area contributed by atoms with Crippen LogP contribution in [0.25, 0.3) is 0 Å². The van der Waals surface area contributed by atoms with E-state index in [1.807, 2.05) is 0 Å². The first-order chi connectivity index (χ1) is 47.4. The second-order valence-corrected chi connectivity index (χ2v) is 32.3. The van der Waals surface area contributed by atoms with E-state index in [2.05, 4.69) is 41.5 Å². The third-order valence-corrected chi connectivity index (χ3v) is 20.4. The molecule has 582 valence electrons. The topological polar surface area (TPSA) is 237 Å². The zero-order chi connectivity index (χ0) is 72.1. The Hall–Kier alpha value is -1.94. The average molecular weight is 1440 g/mol. The Morgan fingerprint density at radius 2 is 0.469 bits per heavy atom. The molecule has 17 nitrogen and oxygen atoms in total. The lowest BCUT2D eigenvalue weighted by atomic mass is 10.0. The molecule has 98 heavy (non-hydrogen) atoms. The fraction of sp³-hybridized carbons (Fsp3) is 0.949. The maximum atomic E-state index is 13.1. The minimum absolute atomic E-state index is 0.108. The van der Waals surface area contributed by atoms with E-state index in [1.165, 1.54) is 231 Å². The molecule has 5 atom stereocenters. The van der Waals surface area contributed by atoms with Crippen LogP contribution in [0, 0.1) is 11.8 Å². The fourth-order valence-electron chi connectivity index (χ4n) is 12.2. The Morgan fingerprint density at radius 3 is 0.694 bits per heavy atom. The van der Waals surface area contributed by atoms with Gasteiger partial charge in [-0.15, -0.1) is 0 Å². The van der Waals surface area contributed by atoms with Crippen molar-refractivity contribution in [3.05, 3.63) is 0 Å². The molecule has 0 aromatic heterocycles. The molecule has 0 heterocycles. The lowest BCUT2D eigenvalue weighted by Gasteiger charge is -2.21. The van der Waals surface area contributed by atoms with Crippen LogP contribution in [0.15, 0.2) is 0 Å². The Bertz CT molecular complexity index is 1890. The molecule has 0 radical (unpaired) electrons. The number of unbranched alkanes of at least 4 members (excludes halogenated alkanes) is 48. The van der Waals surface area contributed by atoms with Gasteiger partial charge in [-0.2, -0.15) is 0 Å². The van der Waals surface area contributed by atoms with Crippen molar-refractivity contribution in [1.82, 2.24) is 0 Å². The molecule has 0 spiro atoms. The van der Waals surface area contributed by atoms with Gasteiger partial charge in [0.2, 0.25) is 0 Å².